The van der Waals surface area contributed by atoms with Crippen LogP contribution in [-0.4, -0.2) is 81.5 Å². The molecule has 0 aromatic heterocycles. The van der Waals surface area contributed by atoms with Gasteiger partial charge in [0.05, 0.1) is 0 Å². The number of carbonyl (C=O) groups excluding carboxylic acids is 2. The molecule has 2 aromatic rings. The highest BCUT2D eigenvalue weighted by Crippen LogP contribution is 2.33. The van der Waals surface area contributed by atoms with Crippen molar-refractivity contribution in [2.24, 2.45) is 4.99 Å². The van der Waals surface area contributed by atoms with Crippen LogP contribution in [0.15, 0.2) is 46.8 Å². The number of sulfonamides is 1. The van der Waals surface area contributed by atoms with Gasteiger partial charge < -0.3 is 15.0 Å². The zero-order valence-electron chi connectivity index (χ0n) is 23.8. The molecule has 2 aromatic carbocycles. The number of aryl methyl sites for hydroxylation is 2. The van der Waals surface area contributed by atoms with Crippen LogP contribution < -0.4 is 15.0 Å². The van der Waals surface area contributed by atoms with Crippen LogP contribution in [0.3, 0.4) is 0 Å². The minimum atomic E-state index is -4.86. The number of alkyl halides is 3. The number of rotatable bonds is 6. The first-order valence-electron chi connectivity index (χ1n) is 13.0. The molecule has 0 bridgehead atoms. The number of amidine groups is 1. The maximum absolute atomic E-state index is 13.2. The number of aliphatic imine (C=N–C) groups is 1. The fourth-order valence-corrected chi connectivity index (χ4v) is 6.17. The highest BCUT2D eigenvalue weighted by molar-refractivity contribution is 7.92. The zero-order valence-corrected chi connectivity index (χ0v) is 24.6. The Labute approximate surface area is 242 Å². The fraction of sp³-hybridized carbons (Fsp3) is 0.393. The van der Waals surface area contributed by atoms with E-state index in [1.807, 2.05) is 26.0 Å². The summed E-state index contributed by atoms with van der Waals surface area (Å²) in [7, 11) is 1.14. The first kappa shape index (κ1) is 31.0. The third-order valence-corrected chi connectivity index (χ3v) is 8.84. The summed E-state index contributed by atoms with van der Waals surface area (Å²) < 4.78 is 69.5. The summed E-state index contributed by atoms with van der Waals surface area (Å²) in [6.07, 6.45) is -3.13. The molecule has 0 atom stereocenters. The van der Waals surface area contributed by atoms with E-state index in [1.165, 1.54) is 32.3 Å². The average Bonchev–Trinajstić information content (AvgIpc) is 3.21. The van der Waals surface area contributed by atoms with Crippen LogP contribution in [0.25, 0.3) is 6.08 Å². The number of hydrogen-bond donors (Lipinski definition) is 1. The summed E-state index contributed by atoms with van der Waals surface area (Å²) in [5.41, 5.74) is 2.00. The average molecular weight is 608 g/mol. The van der Waals surface area contributed by atoms with Crippen LogP contribution in [0.5, 0.6) is 5.75 Å². The number of hydrogen-bond acceptors (Lipinski definition) is 6. The Morgan fingerprint density at radius 1 is 1.10 bits per heavy atom. The van der Waals surface area contributed by atoms with Gasteiger partial charge in [0.1, 0.15) is 17.1 Å². The standard InChI is InChI=1S/C28H32F3N5O5S/c1-18-15-21(35(5)26(38)34(3)4)16-19(2)23(18)9-14-42(39,40)36-12-10-27(11-13-36)25(37)32-24(33-27)20-7-6-8-22(17-20)41-28(29,30)31/h6-9,14-17H,10-13H2,1-5H3,(H,32,33,37)/b14-9+. The summed E-state index contributed by atoms with van der Waals surface area (Å²) in [5.74, 6) is -0.771. The van der Waals surface area contributed by atoms with Crippen molar-refractivity contribution < 1.29 is 35.9 Å². The lowest BCUT2D eigenvalue weighted by atomic mass is 9.89. The minimum absolute atomic E-state index is 0.0302. The molecular formula is C28H32F3N5O5S. The van der Waals surface area contributed by atoms with Gasteiger partial charge in [0.2, 0.25) is 10.0 Å². The molecule has 0 aliphatic carbocycles. The molecule has 0 radical (unpaired) electrons. The predicted octanol–water partition coefficient (Wildman–Crippen LogP) is 4.03. The van der Waals surface area contributed by atoms with Crippen LogP contribution >= 0.6 is 0 Å². The first-order chi connectivity index (χ1) is 19.5. The smallest absolute Gasteiger partial charge is 0.406 e. The Morgan fingerprint density at radius 3 is 2.29 bits per heavy atom. The molecule has 226 valence electrons. The Bertz CT molecular complexity index is 1540. The van der Waals surface area contributed by atoms with Crippen molar-refractivity contribution in [2.75, 3.05) is 39.1 Å². The quantitative estimate of drug-likeness (QED) is 0.533. The first-order valence-corrected chi connectivity index (χ1v) is 14.5. The van der Waals surface area contributed by atoms with Crippen LogP contribution in [0.2, 0.25) is 0 Å². The van der Waals surface area contributed by atoms with Crippen molar-refractivity contribution in [3.05, 3.63) is 64.1 Å². The molecule has 42 heavy (non-hydrogen) atoms. The van der Waals surface area contributed by atoms with Crippen molar-refractivity contribution in [3.63, 3.8) is 0 Å². The Balaban J connectivity index is 1.47. The predicted molar refractivity (Wildman–Crippen MR) is 153 cm³/mol. The van der Waals surface area contributed by atoms with E-state index in [0.29, 0.717) is 11.3 Å². The lowest BCUT2D eigenvalue weighted by Gasteiger charge is -2.34. The van der Waals surface area contributed by atoms with E-state index in [1.54, 1.807) is 21.1 Å². The molecule has 14 heteroatoms. The third-order valence-electron chi connectivity index (χ3n) is 7.27. The van der Waals surface area contributed by atoms with E-state index < -0.39 is 33.6 Å². The zero-order chi connectivity index (χ0) is 31.0. The fourth-order valence-electron chi connectivity index (χ4n) is 5.00. The number of amides is 3. The Kier molecular flexibility index (Phi) is 8.43. The van der Waals surface area contributed by atoms with E-state index in [2.05, 4.69) is 15.0 Å². The molecule has 2 aliphatic rings. The van der Waals surface area contributed by atoms with Gasteiger partial charge in [-0.05, 0) is 73.7 Å². The van der Waals surface area contributed by atoms with Crippen molar-refractivity contribution in [2.45, 2.75) is 38.6 Å². The van der Waals surface area contributed by atoms with Gasteiger partial charge in [-0.25, -0.2) is 13.2 Å². The second-order valence-corrected chi connectivity index (χ2v) is 12.3. The number of nitrogens with one attached hydrogen (secondary N) is 1. The molecule has 1 fully saturated rings. The van der Waals surface area contributed by atoms with E-state index in [-0.39, 0.29) is 43.4 Å². The largest absolute Gasteiger partial charge is 0.573 e. The van der Waals surface area contributed by atoms with E-state index in [0.717, 1.165) is 28.7 Å². The number of ether oxygens (including phenoxy) is 1. The van der Waals surface area contributed by atoms with Crippen molar-refractivity contribution in [1.82, 2.24) is 14.5 Å². The second kappa shape index (κ2) is 11.4. The van der Waals surface area contributed by atoms with Gasteiger partial charge in [-0.3, -0.25) is 14.7 Å². The van der Waals surface area contributed by atoms with Crippen LogP contribution in [0.4, 0.5) is 23.7 Å². The summed E-state index contributed by atoms with van der Waals surface area (Å²) in [5, 5.41) is 3.75. The third kappa shape index (κ3) is 6.59. The number of nitrogens with zero attached hydrogens (tertiary/aromatic N) is 4. The summed E-state index contributed by atoms with van der Waals surface area (Å²) >= 11 is 0. The number of anilines is 1. The summed E-state index contributed by atoms with van der Waals surface area (Å²) in [6.45, 7) is 3.73. The number of piperidine rings is 1. The SMILES string of the molecule is Cc1cc(N(C)C(=O)N(C)C)cc(C)c1/C=C/S(=O)(=O)N1CCC2(CC1)N=C(c1cccc(OC(F)(F)F)c1)NC2=O. The highest BCUT2D eigenvalue weighted by atomic mass is 32.2. The minimum Gasteiger partial charge on any atom is -0.406 e. The molecule has 2 heterocycles. The maximum atomic E-state index is 13.2. The topological polar surface area (TPSA) is 112 Å². The number of halogens is 3. The molecule has 4 rings (SSSR count). The molecule has 0 unspecified atom stereocenters. The van der Waals surface area contributed by atoms with Crippen LogP contribution in [0.1, 0.15) is 35.1 Å². The van der Waals surface area contributed by atoms with Gasteiger partial charge in [0.25, 0.3) is 5.91 Å². The number of urea groups is 1. The van der Waals surface area contributed by atoms with Gasteiger partial charge in [-0.1, -0.05) is 12.1 Å². The monoisotopic (exact) mass is 607 g/mol. The van der Waals surface area contributed by atoms with Crippen LogP contribution in [-0.2, 0) is 14.8 Å². The molecule has 1 spiro atoms. The van der Waals surface area contributed by atoms with Crippen molar-refractivity contribution in [1.29, 1.82) is 0 Å². The summed E-state index contributed by atoms with van der Waals surface area (Å²) in [6, 6.07) is 8.55. The number of benzene rings is 2. The lowest BCUT2D eigenvalue weighted by Crippen LogP contribution is -2.50. The molecule has 3 amide bonds. The maximum Gasteiger partial charge on any atom is 0.573 e. The van der Waals surface area contributed by atoms with Crippen LogP contribution in [0, 0.1) is 13.8 Å². The van der Waals surface area contributed by atoms with Gasteiger partial charge in [-0.15, -0.1) is 13.2 Å². The van der Waals surface area contributed by atoms with E-state index in [9.17, 15) is 31.2 Å². The molecule has 1 saturated heterocycles. The lowest BCUT2D eigenvalue weighted by molar-refractivity contribution is -0.274. The van der Waals surface area contributed by atoms with Gasteiger partial charge in [0, 0.05) is 50.9 Å². The van der Waals surface area contributed by atoms with Gasteiger partial charge in [-0.2, -0.15) is 4.31 Å². The van der Waals surface area contributed by atoms with Gasteiger partial charge >= 0.3 is 12.4 Å². The summed E-state index contributed by atoms with van der Waals surface area (Å²) in [4.78, 5) is 32.7. The molecular weight excluding hydrogens is 575 g/mol. The van der Waals surface area contributed by atoms with Crippen molar-refractivity contribution in [3.8, 4) is 5.75 Å². The van der Waals surface area contributed by atoms with E-state index >= 15 is 0 Å². The molecule has 2 aliphatic heterocycles. The Hall–Kier alpha value is -3.91. The van der Waals surface area contributed by atoms with Crippen molar-refractivity contribution >= 4 is 39.6 Å². The number of carbonyl (C=O) groups is 2. The van der Waals surface area contributed by atoms with E-state index in [4.69, 9.17) is 0 Å². The highest BCUT2D eigenvalue weighted by Gasteiger charge is 2.47. The molecule has 10 nitrogen and oxygen atoms in total. The second-order valence-electron chi connectivity index (χ2n) is 10.5. The Morgan fingerprint density at radius 2 is 1.71 bits per heavy atom. The molecule has 1 N–H and O–H groups in total. The normalized spacial score (nSPS) is 17.3. The molecule has 0 saturated carbocycles. The van der Waals surface area contributed by atoms with Gasteiger partial charge in [0.15, 0.2) is 0 Å².